The first kappa shape index (κ1) is 14.3. The standard InChI is InChI=1S/C13H19NO4/c1-3-17-11-6-5-10(7-12(11)18-4-2)8-14-9-13(15)16/h5-7,14H,3-4,8-9H2,1-2H3,(H,15,16). The van der Waals surface area contributed by atoms with E-state index >= 15 is 0 Å². The predicted octanol–water partition coefficient (Wildman–Crippen LogP) is 1.66. The van der Waals surface area contributed by atoms with Crippen molar-refractivity contribution in [2.75, 3.05) is 19.8 Å². The van der Waals surface area contributed by atoms with Gasteiger partial charge in [-0.15, -0.1) is 0 Å². The molecule has 0 amide bonds. The van der Waals surface area contributed by atoms with E-state index in [4.69, 9.17) is 14.6 Å². The fraction of sp³-hybridized carbons (Fsp3) is 0.462. The number of carboxylic acid groups (broad SMARTS) is 1. The molecule has 0 aromatic heterocycles. The van der Waals surface area contributed by atoms with Crippen molar-refractivity contribution >= 4 is 5.97 Å². The molecule has 1 aromatic carbocycles. The number of ether oxygens (including phenoxy) is 2. The Labute approximate surface area is 107 Å². The van der Waals surface area contributed by atoms with Gasteiger partial charge in [0, 0.05) is 6.54 Å². The molecule has 1 rings (SSSR count). The second kappa shape index (κ2) is 7.55. The molecule has 0 saturated heterocycles. The van der Waals surface area contributed by atoms with E-state index in [0.29, 0.717) is 31.3 Å². The molecule has 5 heteroatoms. The Morgan fingerprint density at radius 3 is 2.50 bits per heavy atom. The third-order valence-corrected chi connectivity index (χ3v) is 2.21. The molecular formula is C13H19NO4. The number of rotatable bonds is 8. The van der Waals surface area contributed by atoms with Crippen LogP contribution in [0.2, 0.25) is 0 Å². The maximum atomic E-state index is 10.4. The van der Waals surface area contributed by atoms with Crippen molar-refractivity contribution < 1.29 is 19.4 Å². The van der Waals surface area contributed by atoms with Crippen molar-refractivity contribution in [1.29, 1.82) is 0 Å². The average Bonchev–Trinajstić information content (AvgIpc) is 2.32. The van der Waals surface area contributed by atoms with Crippen LogP contribution in [0.4, 0.5) is 0 Å². The fourth-order valence-electron chi connectivity index (χ4n) is 1.52. The summed E-state index contributed by atoms with van der Waals surface area (Å²) in [5, 5.41) is 11.4. The topological polar surface area (TPSA) is 67.8 Å². The van der Waals surface area contributed by atoms with Gasteiger partial charge in [0.05, 0.1) is 19.8 Å². The van der Waals surface area contributed by atoms with Gasteiger partial charge in [-0.3, -0.25) is 4.79 Å². The van der Waals surface area contributed by atoms with Crippen molar-refractivity contribution in [1.82, 2.24) is 5.32 Å². The summed E-state index contributed by atoms with van der Waals surface area (Å²) in [5.41, 5.74) is 0.961. The van der Waals surface area contributed by atoms with Crippen molar-refractivity contribution in [2.45, 2.75) is 20.4 Å². The summed E-state index contributed by atoms with van der Waals surface area (Å²) >= 11 is 0. The normalized spacial score (nSPS) is 10.1. The summed E-state index contributed by atoms with van der Waals surface area (Å²) < 4.78 is 10.9. The Hall–Kier alpha value is -1.75. The number of carboxylic acids is 1. The van der Waals surface area contributed by atoms with Crippen molar-refractivity contribution in [3.8, 4) is 11.5 Å². The third-order valence-electron chi connectivity index (χ3n) is 2.21. The highest BCUT2D eigenvalue weighted by Crippen LogP contribution is 2.28. The number of carbonyl (C=O) groups is 1. The maximum Gasteiger partial charge on any atom is 0.317 e. The van der Waals surface area contributed by atoms with Crippen LogP contribution in [0.15, 0.2) is 18.2 Å². The second-order valence-electron chi connectivity index (χ2n) is 3.64. The second-order valence-corrected chi connectivity index (χ2v) is 3.64. The molecule has 0 fully saturated rings. The van der Waals surface area contributed by atoms with Crippen LogP contribution in [0, 0.1) is 0 Å². The zero-order chi connectivity index (χ0) is 13.4. The van der Waals surface area contributed by atoms with Crippen LogP contribution in [-0.2, 0) is 11.3 Å². The quantitative estimate of drug-likeness (QED) is 0.737. The Bertz CT molecular complexity index is 393. The van der Waals surface area contributed by atoms with Crippen LogP contribution in [-0.4, -0.2) is 30.8 Å². The molecule has 0 aliphatic rings. The summed E-state index contributed by atoms with van der Waals surface area (Å²) in [6.45, 7) is 5.39. The molecule has 0 atom stereocenters. The maximum absolute atomic E-state index is 10.4. The van der Waals surface area contributed by atoms with Crippen LogP contribution >= 0.6 is 0 Å². The monoisotopic (exact) mass is 253 g/mol. The van der Waals surface area contributed by atoms with E-state index < -0.39 is 5.97 Å². The molecule has 0 bridgehead atoms. The van der Waals surface area contributed by atoms with Crippen LogP contribution < -0.4 is 14.8 Å². The Kier molecular flexibility index (Phi) is 6.00. The lowest BCUT2D eigenvalue weighted by Crippen LogP contribution is -2.21. The van der Waals surface area contributed by atoms with E-state index in [1.165, 1.54) is 0 Å². The number of aliphatic carboxylic acids is 1. The van der Waals surface area contributed by atoms with Crippen molar-refractivity contribution in [2.24, 2.45) is 0 Å². The molecule has 1 aromatic rings. The Morgan fingerprint density at radius 2 is 1.89 bits per heavy atom. The van der Waals surface area contributed by atoms with Crippen LogP contribution in [0.5, 0.6) is 11.5 Å². The van der Waals surface area contributed by atoms with E-state index in [9.17, 15) is 4.79 Å². The van der Waals surface area contributed by atoms with Gasteiger partial charge in [0.15, 0.2) is 11.5 Å². The van der Waals surface area contributed by atoms with Gasteiger partial charge in [0.2, 0.25) is 0 Å². The van der Waals surface area contributed by atoms with Crippen molar-refractivity contribution in [3.05, 3.63) is 23.8 Å². The van der Waals surface area contributed by atoms with Gasteiger partial charge in [-0.2, -0.15) is 0 Å². The average molecular weight is 253 g/mol. The molecule has 5 nitrogen and oxygen atoms in total. The third kappa shape index (κ3) is 4.63. The first-order chi connectivity index (χ1) is 8.67. The number of hydrogen-bond acceptors (Lipinski definition) is 4. The molecular weight excluding hydrogens is 234 g/mol. The molecule has 100 valence electrons. The lowest BCUT2D eigenvalue weighted by molar-refractivity contribution is -0.135. The van der Waals surface area contributed by atoms with Gasteiger partial charge in [-0.05, 0) is 31.5 Å². The smallest absolute Gasteiger partial charge is 0.317 e. The lowest BCUT2D eigenvalue weighted by atomic mass is 10.2. The van der Waals surface area contributed by atoms with Crippen LogP contribution in [0.25, 0.3) is 0 Å². The summed E-state index contributed by atoms with van der Waals surface area (Å²) in [7, 11) is 0. The van der Waals surface area contributed by atoms with Gasteiger partial charge in [-0.1, -0.05) is 6.07 Å². The minimum Gasteiger partial charge on any atom is -0.490 e. The molecule has 0 radical (unpaired) electrons. The molecule has 2 N–H and O–H groups in total. The zero-order valence-electron chi connectivity index (χ0n) is 10.7. The van der Waals surface area contributed by atoms with Gasteiger partial charge in [0.1, 0.15) is 0 Å². The highest BCUT2D eigenvalue weighted by atomic mass is 16.5. The SMILES string of the molecule is CCOc1ccc(CNCC(=O)O)cc1OCC. The van der Waals surface area contributed by atoms with Crippen LogP contribution in [0.3, 0.4) is 0 Å². The molecule has 0 aliphatic heterocycles. The number of hydrogen-bond donors (Lipinski definition) is 2. The number of benzene rings is 1. The molecule has 0 spiro atoms. The fourth-order valence-corrected chi connectivity index (χ4v) is 1.52. The largest absolute Gasteiger partial charge is 0.490 e. The Balaban J connectivity index is 2.69. The van der Waals surface area contributed by atoms with E-state index in [1.54, 1.807) is 0 Å². The van der Waals surface area contributed by atoms with Gasteiger partial charge >= 0.3 is 5.97 Å². The lowest BCUT2D eigenvalue weighted by Gasteiger charge is -2.12. The van der Waals surface area contributed by atoms with E-state index in [1.807, 2.05) is 32.0 Å². The highest BCUT2D eigenvalue weighted by molar-refractivity contribution is 5.69. The first-order valence-electron chi connectivity index (χ1n) is 5.98. The van der Waals surface area contributed by atoms with Crippen molar-refractivity contribution in [3.63, 3.8) is 0 Å². The summed E-state index contributed by atoms with van der Waals surface area (Å²) in [6, 6.07) is 5.60. The van der Waals surface area contributed by atoms with Gasteiger partial charge < -0.3 is 19.9 Å². The molecule has 0 saturated carbocycles. The van der Waals surface area contributed by atoms with E-state index in [-0.39, 0.29) is 6.54 Å². The minimum absolute atomic E-state index is 0.0584. The minimum atomic E-state index is -0.869. The van der Waals surface area contributed by atoms with Crippen LogP contribution in [0.1, 0.15) is 19.4 Å². The summed E-state index contributed by atoms with van der Waals surface area (Å²) in [5.74, 6) is 0.529. The number of nitrogens with one attached hydrogen (secondary N) is 1. The van der Waals surface area contributed by atoms with E-state index in [2.05, 4.69) is 5.32 Å². The molecule has 0 heterocycles. The zero-order valence-corrected chi connectivity index (χ0v) is 10.7. The summed E-state index contributed by atoms with van der Waals surface area (Å²) in [6.07, 6.45) is 0. The molecule has 0 unspecified atom stereocenters. The Morgan fingerprint density at radius 1 is 1.22 bits per heavy atom. The van der Waals surface area contributed by atoms with E-state index in [0.717, 1.165) is 5.56 Å². The summed E-state index contributed by atoms with van der Waals surface area (Å²) in [4.78, 5) is 10.4. The first-order valence-corrected chi connectivity index (χ1v) is 5.98. The predicted molar refractivity (Wildman–Crippen MR) is 68.1 cm³/mol. The molecule has 18 heavy (non-hydrogen) atoms. The van der Waals surface area contributed by atoms with Gasteiger partial charge in [-0.25, -0.2) is 0 Å². The molecule has 0 aliphatic carbocycles. The highest BCUT2D eigenvalue weighted by Gasteiger charge is 2.06. The van der Waals surface area contributed by atoms with Gasteiger partial charge in [0.25, 0.3) is 0 Å².